The van der Waals surface area contributed by atoms with Gasteiger partial charge in [-0.05, 0) is 69.0 Å². The molecular weight excluding hydrogens is 463 g/mol. The zero-order chi connectivity index (χ0) is 22.7. The summed E-state index contributed by atoms with van der Waals surface area (Å²) in [6, 6.07) is 10.6. The van der Waals surface area contributed by atoms with Crippen molar-refractivity contribution in [3.05, 3.63) is 58.7 Å². The third-order valence-electron chi connectivity index (χ3n) is 5.48. The third-order valence-corrected chi connectivity index (χ3v) is 5.48. The van der Waals surface area contributed by atoms with E-state index in [1.807, 2.05) is 50.1 Å². The molecule has 2 aromatic carbocycles. The molecule has 6 nitrogen and oxygen atoms in total. The highest BCUT2D eigenvalue weighted by Gasteiger charge is 2.24. The fraction of sp³-hybridized carbons (Fsp3) is 0.360. The Labute approximate surface area is 207 Å². The highest BCUT2D eigenvalue weighted by molar-refractivity contribution is 6.44. The monoisotopic (exact) mass is 492 g/mol. The summed E-state index contributed by atoms with van der Waals surface area (Å²) in [5.41, 5.74) is 4.67. The van der Waals surface area contributed by atoms with Crippen molar-refractivity contribution < 1.29 is 19.2 Å². The van der Waals surface area contributed by atoms with Crippen LogP contribution in [0.25, 0.3) is 11.1 Å². The van der Waals surface area contributed by atoms with Crippen LogP contribution < -0.4 is 0 Å². The smallest absolute Gasteiger partial charge is 0.228 e. The maximum atomic E-state index is 12.5. The summed E-state index contributed by atoms with van der Waals surface area (Å²) in [6.45, 7) is 1.07. The Hall–Kier alpha value is -2.38. The lowest BCUT2D eigenvalue weighted by molar-refractivity contribution is -0.116. The Morgan fingerprint density at radius 1 is 0.667 bits per heavy atom. The van der Waals surface area contributed by atoms with Crippen molar-refractivity contribution in [3.8, 4) is 11.1 Å². The third kappa shape index (κ3) is 6.81. The Bertz CT molecular complexity index is 981. The minimum absolute atomic E-state index is 0. The molecule has 1 aliphatic carbocycles. The van der Waals surface area contributed by atoms with Crippen LogP contribution in [0.1, 0.15) is 44.7 Å². The van der Waals surface area contributed by atoms with Crippen LogP contribution in [-0.4, -0.2) is 74.2 Å². The number of hydrogen-bond donors (Lipinski definition) is 0. The highest BCUT2D eigenvalue weighted by atomic mass is 35.5. The van der Waals surface area contributed by atoms with E-state index in [2.05, 4.69) is 0 Å². The Balaban J connectivity index is 0.00000272. The zero-order valence-electron chi connectivity index (χ0n) is 19.3. The SMILES string of the molecule is CN(C)CCC(=O)C(=O)c1ccc2c(c1)Cc1cc(C(=O)C(=O)CCN(C)C)ccc1-2.Cl.Cl. The van der Waals surface area contributed by atoms with Crippen LogP contribution in [0.2, 0.25) is 0 Å². The second-order valence-corrected chi connectivity index (χ2v) is 8.53. The predicted octanol–water partition coefficient (Wildman–Crippen LogP) is 3.51. The summed E-state index contributed by atoms with van der Waals surface area (Å²) < 4.78 is 0. The Kier molecular flexibility index (Phi) is 10.6. The van der Waals surface area contributed by atoms with Crippen molar-refractivity contribution in [1.82, 2.24) is 9.80 Å². The fourth-order valence-corrected chi connectivity index (χ4v) is 3.69. The summed E-state index contributed by atoms with van der Waals surface area (Å²) in [7, 11) is 7.44. The number of halogens is 2. The molecule has 1 aliphatic rings. The lowest BCUT2D eigenvalue weighted by Gasteiger charge is -2.09. The lowest BCUT2D eigenvalue weighted by Crippen LogP contribution is -2.21. The van der Waals surface area contributed by atoms with Crippen LogP contribution >= 0.6 is 24.8 Å². The van der Waals surface area contributed by atoms with Crippen LogP contribution in [-0.2, 0) is 16.0 Å². The van der Waals surface area contributed by atoms with Gasteiger partial charge in [-0.25, -0.2) is 0 Å². The first-order valence-corrected chi connectivity index (χ1v) is 10.4. The number of benzene rings is 2. The van der Waals surface area contributed by atoms with Gasteiger partial charge in [0.15, 0.2) is 0 Å². The van der Waals surface area contributed by atoms with Crippen molar-refractivity contribution in [3.63, 3.8) is 0 Å². The van der Waals surface area contributed by atoms with Gasteiger partial charge in [-0.2, -0.15) is 0 Å². The molecule has 33 heavy (non-hydrogen) atoms. The number of Topliss-reactive ketones (excluding diaryl/α,β-unsaturated/α-hetero) is 4. The van der Waals surface area contributed by atoms with Gasteiger partial charge in [-0.1, -0.05) is 24.3 Å². The minimum atomic E-state index is -0.469. The lowest BCUT2D eigenvalue weighted by atomic mass is 9.98. The predicted molar refractivity (Wildman–Crippen MR) is 134 cm³/mol. The number of carbonyl (C=O) groups excluding carboxylic acids is 4. The van der Waals surface area contributed by atoms with Crippen molar-refractivity contribution in [1.29, 1.82) is 0 Å². The quantitative estimate of drug-likeness (QED) is 0.318. The molecule has 0 unspecified atom stereocenters. The molecule has 0 saturated carbocycles. The average molecular weight is 493 g/mol. The molecule has 3 rings (SSSR count). The van der Waals surface area contributed by atoms with E-state index < -0.39 is 23.1 Å². The van der Waals surface area contributed by atoms with E-state index in [4.69, 9.17) is 0 Å². The van der Waals surface area contributed by atoms with Crippen LogP contribution in [0.5, 0.6) is 0 Å². The number of hydrogen-bond acceptors (Lipinski definition) is 6. The molecule has 0 fully saturated rings. The number of rotatable bonds is 10. The second-order valence-electron chi connectivity index (χ2n) is 8.53. The van der Waals surface area contributed by atoms with Crippen molar-refractivity contribution >= 4 is 47.9 Å². The fourth-order valence-electron chi connectivity index (χ4n) is 3.69. The Morgan fingerprint density at radius 3 is 1.36 bits per heavy atom. The average Bonchev–Trinajstić information content (AvgIpc) is 3.11. The number of carbonyl (C=O) groups is 4. The van der Waals surface area contributed by atoms with Gasteiger partial charge in [0, 0.05) is 37.1 Å². The molecule has 8 heteroatoms. The zero-order valence-corrected chi connectivity index (χ0v) is 21.0. The second kappa shape index (κ2) is 12.2. The van der Waals surface area contributed by atoms with Gasteiger partial charge >= 0.3 is 0 Å². The van der Waals surface area contributed by atoms with E-state index in [0.717, 1.165) is 22.3 Å². The first kappa shape index (κ1) is 28.7. The largest absolute Gasteiger partial charge is 0.309 e. The van der Waals surface area contributed by atoms with E-state index in [0.29, 0.717) is 30.6 Å². The van der Waals surface area contributed by atoms with Gasteiger partial charge in [-0.3, -0.25) is 19.2 Å². The molecule has 0 radical (unpaired) electrons. The summed E-state index contributed by atoms with van der Waals surface area (Å²) in [5.74, 6) is -1.73. The van der Waals surface area contributed by atoms with Gasteiger partial charge in [-0.15, -0.1) is 24.8 Å². The molecule has 0 saturated heterocycles. The normalized spacial score (nSPS) is 11.3. The molecule has 2 aromatic rings. The van der Waals surface area contributed by atoms with Gasteiger partial charge in [0.25, 0.3) is 0 Å². The summed E-state index contributed by atoms with van der Waals surface area (Å²) in [6.07, 6.45) is 0.942. The van der Waals surface area contributed by atoms with Crippen LogP contribution in [0, 0.1) is 0 Å². The maximum absolute atomic E-state index is 12.5. The van der Waals surface area contributed by atoms with Crippen molar-refractivity contribution in [2.45, 2.75) is 19.3 Å². The van der Waals surface area contributed by atoms with E-state index in [1.54, 1.807) is 24.3 Å². The number of ketones is 4. The number of fused-ring (bicyclic) bond motifs is 3. The van der Waals surface area contributed by atoms with Crippen LogP contribution in [0.4, 0.5) is 0 Å². The first-order valence-electron chi connectivity index (χ1n) is 10.4. The number of nitrogens with zero attached hydrogens (tertiary/aromatic N) is 2. The summed E-state index contributed by atoms with van der Waals surface area (Å²) in [4.78, 5) is 53.1. The van der Waals surface area contributed by atoms with Crippen molar-refractivity contribution in [2.75, 3.05) is 41.3 Å². The molecular formula is C25H30Cl2N2O4. The molecule has 0 aliphatic heterocycles. The van der Waals surface area contributed by atoms with Gasteiger partial charge in [0.05, 0.1) is 0 Å². The van der Waals surface area contributed by atoms with Gasteiger partial charge in [0.1, 0.15) is 0 Å². The minimum Gasteiger partial charge on any atom is -0.309 e. The Morgan fingerprint density at radius 2 is 1.03 bits per heavy atom. The first-order chi connectivity index (χ1) is 14.7. The van der Waals surface area contributed by atoms with Gasteiger partial charge in [0.2, 0.25) is 23.1 Å². The van der Waals surface area contributed by atoms with E-state index in [-0.39, 0.29) is 37.7 Å². The standard InChI is InChI=1S/C25H28N2O4.2ClH/c1-26(2)11-9-22(28)24(30)16-5-7-20-18(13-16)15-19-14-17(6-8-21(19)20)25(31)23(29)10-12-27(3)4;;/h5-8,13-14H,9-12,15H2,1-4H3;2*1H. The van der Waals surface area contributed by atoms with Crippen LogP contribution in [0.15, 0.2) is 36.4 Å². The van der Waals surface area contributed by atoms with Gasteiger partial charge < -0.3 is 9.80 Å². The van der Waals surface area contributed by atoms with E-state index in [1.165, 1.54) is 0 Å². The summed E-state index contributed by atoms with van der Waals surface area (Å²) in [5, 5.41) is 0. The molecule has 0 bridgehead atoms. The van der Waals surface area contributed by atoms with E-state index >= 15 is 0 Å². The topological polar surface area (TPSA) is 74.8 Å². The molecule has 0 atom stereocenters. The van der Waals surface area contributed by atoms with Crippen LogP contribution in [0.3, 0.4) is 0 Å². The molecule has 0 heterocycles. The van der Waals surface area contributed by atoms with E-state index in [9.17, 15) is 19.2 Å². The van der Waals surface area contributed by atoms with Crippen molar-refractivity contribution in [2.24, 2.45) is 0 Å². The summed E-state index contributed by atoms with van der Waals surface area (Å²) >= 11 is 0. The highest BCUT2D eigenvalue weighted by Crippen LogP contribution is 2.37. The molecule has 178 valence electrons. The molecule has 0 N–H and O–H groups in total. The maximum Gasteiger partial charge on any atom is 0.228 e. The molecule has 0 spiro atoms. The molecule has 0 aromatic heterocycles. The molecule has 0 amide bonds.